The fourth-order valence-corrected chi connectivity index (χ4v) is 4.23. The van der Waals surface area contributed by atoms with Crippen molar-refractivity contribution in [3.05, 3.63) is 87.4 Å². The van der Waals surface area contributed by atoms with Gasteiger partial charge in [0.2, 0.25) is 0 Å². The van der Waals surface area contributed by atoms with Crippen LogP contribution in [0.3, 0.4) is 0 Å². The Balaban J connectivity index is 1.69. The third-order valence-corrected chi connectivity index (χ3v) is 5.65. The number of amides is 2. The van der Waals surface area contributed by atoms with Gasteiger partial charge in [0.25, 0.3) is 11.1 Å². The summed E-state index contributed by atoms with van der Waals surface area (Å²) in [6.45, 7) is 3.91. The van der Waals surface area contributed by atoms with E-state index in [4.69, 9.17) is 0 Å². The molecule has 6 nitrogen and oxygen atoms in total. The molecule has 3 aromatic rings. The van der Waals surface area contributed by atoms with Gasteiger partial charge in [-0.2, -0.15) is 0 Å². The van der Waals surface area contributed by atoms with Crippen molar-refractivity contribution in [1.82, 2.24) is 4.57 Å². The van der Waals surface area contributed by atoms with Gasteiger partial charge < -0.3 is 4.57 Å². The highest BCUT2D eigenvalue weighted by molar-refractivity contribution is 8.19. The molecule has 0 spiro atoms. The zero-order valence-corrected chi connectivity index (χ0v) is 16.6. The number of nitrogens with zero attached hydrogens (tertiary/aromatic N) is 3. The number of carbonyl (C=O) groups is 2. The fraction of sp³-hybridized carbons (Fsp3) is 0.0909. The van der Waals surface area contributed by atoms with Gasteiger partial charge in [-0.05, 0) is 84.9 Å². The van der Waals surface area contributed by atoms with Gasteiger partial charge in [-0.15, -0.1) is 4.91 Å². The summed E-state index contributed by atoms with van der Waals surface area (Å²) in [5.74, 6) is -0.322. The van der Waals surface area contributed by atoms with E-state index in [-0.39, 0.29) is 11.1 Å². The second-order valence-electron chi connectivity index (χ2n) is 6.62. The number of benzene rings is 2. The van der Waals surface area contributed by atoms with E-state index >= 15 is 0 Å². The Morgan fingerprint density at radius 3 is 2.28 bits per heavy atom. The van der Waals surface area contributed by atoms with Gasteiger partial charge in [0, 0.05) is 17.1 Å². The number of thioether (sulfide) groups is 1. The molecule has 0 saturated carbocycles. The van der Waals surface area contributed by atoms with Crippen LogP contribution in [0.4, 0.5) is 16.2 Å². The standard InChI is InChI=1S/C22H17N3O3S/c1-14-12-16(15(2)24(14)19-10-8-17(23-28)9-11-19)13-20-21(26)25(22(27)29-20)18-6-4-3-5-7-18/h3-13H,1-2H3. The molecule has 0 radical (unpaired) electrons. The number of carbonyl (C=O) groups excluding carboxylic acids is 2. The average molecular weight is 403 g/mol. The van der Waals surface area contributed by atoms with Crippen molar-refractivity contribution in [2.24, 2.45) is 5.18 Å². The van der Waals surface area contributed by atoms with E-state index in [0.29, 0.717) is 16.3 Å². The summed E-state index contributed by atoms with van der Waals surface area (Å²) in [5, 5.41) is 2.62. The molecule has 1 saturated heterocycles. The first kappa shape index (κ1) is 18.9. The molecule has 2 aromatic carbocycles. The summed E-state index contributed by atoms with van der Waals surface area (Å²) in [5.41, 5.74) is 4.59. The van der Waals surface area contributed by atoms with Gasteiger partial charge in [-0.3, -0.25) is 9.59 Å². The highest BCUT2D eigenvalue weighted by Gasteiger charge is 2.36. The summed E-state index contributed by atoms with van der Waals surface area (Å²) in [4.78, 5) is 37.5. The molecule has 1 aliphatic heterocycles. The quantitative estimate of drug-likeness (QED) is 0.412. The zero-order valence-electron chi connectivity index (χ0n) is 15.8. The molecule has 1 aromatic heterocycles. The predicted octanol–water partition coefficient (Wildman–Crippen LogP) is 5.73. The minimum absolute atomic E-state index is 0.307. The van der Waals surface area contributed by atoms with Crippen molar-refractivity contribution >= 4 is 40.4 Å². The maximum absolute atomic E-state index is 12.8. The molecule has 7 heteroatoms. The number of aryl methyl sites for hydroxylation is 1. The second-order valence-corrected chi connectivity index (χ2v) is 7.62. The van der Waals surface area contributed by atoms with E-state index in [2.05, 4.69) is 5.18 Å². The lowest BCUT2D eigenvalue weighted by Gasteiger charge is -2.11. The van der Waals surface area contributed by atoms with Crippen LogP contribution in [0, 0.1) is 18.8 Å². The van der Waals surface area contributed by atoms with E-state index in [0.717, 1.165) is 34.4 Å². The number of hydrogen-bond acceptors (Lipinski definition) is 5. The van der Waals surface area contributed by atoms with Gasteiger partial charge in [0.05, 0.1) is 10.6 Å². The maximum Gasteiger partial charge on any atom is 0.298 e. The minimum atomic E-state index is -0.322. The third kappa shape index (κ3) is 3.40. The number of imide groups is 1. The van der Waals surface area contributed by atoms with Crippen LogP contribution in [0.2, 0.25) is 0 Å². The van der Waals surface area contributed by atoms with Gasteiger partial charge in [0.1, 0.15) is 5.69 Å². The lowest BCUT2D eigenvalue weighted by molar-refractivity contribution is -0.113. The first-order valence-electron chi connectivity index (χ1n) is 8.95. The summed E-state index contributed by atoms with van der Waals surface area (Å²) >= 11 is 0.938. The molecular weight excluding hydrogens is 386 g/mol. The van der Waals surface area contributed by atoms with Crippen molar-refractivity contribution in [2.75, 3.05) is 4.90 Å². The molecule has 0 atom stereocenters. The minimum Gasteiger partial charge on any atom is -0.318 e. The van der Waals surface area contributed by atoms with Crippen molar-refractivity contribution in [2.45, 2.75) is 13.8 Å². The van der Waals surface area contributed by atoms with Crippen LogP contribution in [0.25, 0.3) is 11.8 Å². The van der Waals surface area contributed by atoms with E-state index in [1.54, 1.807) is 42.5 Å². The second kappa shape index (κ2) is 7.52. The van der Waals surface area contributed by atoms with E-state index in [9.17, 15) is 14.5 Å². The molecule has 0 N–H and O–H groups in total. The lowest BCUT2D eigenvalue weighted by Crippen LogP contribution is -2.27. The Morgan fingerprint density at radius 1 is 0.931 bits per heavy atom. The Morgan fingerprint density at radius 2 is 1.62 bits per heavy atom. The molecule has 0 aliphatic carbocycles. The van der Waals surface area contributed by atoms with Crippen molar-refractivity contribution in [1.29, 1.82) is 0 Å². The molecule has 1 fully saturated rings. The fourth-order valence-electron chi connectivity index (χ4n) is 3.40. The Bertz CT molecular complexity index is 1150. The molecule has 2 heterocycles. The topological polar surface area (TPSA) is 71.7 Å². The largest absolute Gasteiger partial charge is 0.318 e. The van der Waals surface area contributed by atoms with E-state index < -0.39 is 0 Å². The lowest BCUT2D eigenvalue weighted by atomic mass is 10.2. The van der Waals surface area contributed by atoms with Crippen LogP contribution in [0.15, 0.2) is 70.7 Å². The number of para-hydroxylation sites is 1. The smallest absolute Gasteiger partial charge is 0.298 e. The predicted molar refractivity (Wildman–Crippen MR) is 116 cm³/mol. The highest BCUT2D eigenvalue weighted by atomic mass is 32.2. The van der Waals surface area contributed by atoms with Gasteiger partial charge in [-0.1, -0.05) is 18.2 Å². The Labute approximate surface area is 171 Å². The van der Waals surface area contributed by atoms with Crippen LogP contribution >= 0.6 is 11.8 Å². The van der Waals surface area contributed by atoms with Gasteiger partial charge in [0.15, 0.2) is 0 Å². The molecule has 0 bridgehead atoms. The molecular formula is C22H17N3O3S. The Kier molecular flexibility index (Phi) is 4.90. The van der Waals surface area contributed by atoms with Gasteiger partial charge in [-0.25, -0.2) is 4.90 Å². The Hall–Kier alpha value is -3.45. The SMILES string of the molecule is Cc1cc(C=C2SC(=O)N(c3ccccc3)C2=O)c(C)n1-c1ccc(N=O)cc1. The molecule has 0 unspecified atom stereocenters. The summed E-state index contributed by atoms with van der Waals surface area (Å²) in [6, 6.07) is 17.8. The van der Waals surface area contributed by atoms with Crippen molar-refractivity contribution in [3.8, 4) is 5.69 Å². The van der Waals surface area contributed by atoms with Crippen molar-refractivity contribution < 1.29 is 9.59 Å². The van der Waals surface area contributed by atoms with E-state index in [1.165, 1.54) is 4.90 Å². The molecule has 4 rings (SSSR count). The first-order valence-corrected chi connectivity index (χ1v) is 9.77. The average Bonchev–Trinajstić information content (AvgIpc) is 3.17. The number of rotatable bonds is 4. The summed E-state index contributed by atoms with van der Waals surface area (Å²) < 4.78 is 2.03. The number of anilines is 1. The molecule has 144 valence electrons. The molecule has 1 aliphatic rings. The van der Waals surface area contributed by atoms with Crippen LogP contribution in [-0.4, -0.2) is 15.7 Å². The monoisotopic (exact) mass is 403 g/mol. The third-order valence-electron chi connectivity index (χ3n) is 4.78. The number of hydrogen-bond donors (Lipinski definition) is 0. The van der Waals surface area contributed by atoms with Crippen LogP contribution in [0.5, 0.6) is 0 Å². The number of nitroso groups, excluding NO2 is 1. The maximum atomic E-state index is 12.8. The highest BCUT2D eigenvalue weighted by Crippen LogP contribution is 2.36. The van der Waals surface area contributed by atoms with Crippen LogP contribution in [0.1, 0.15) is 17.0 Å². The van der Waals surface area contributed by atoms with E-state index in [1.807, 2.05) is 42.7 Å². The molecule has 2 amide bonds. The zero-order chi connectivity index (χ0) is 20.5. The first-order chi connectivity index (χ1) is 14.0. The van der Waals surface area contributed by atoms with Crippen molar-refractivity contribution in [3.63, 3.8) is 0 Å². The van der Waals surface area contributed by atoms with Gasteiger partial charge >= 0.3 is 0 Å². The summed E-state index contributed by atoms with van der Waals surface area (Å²) in [7, 11) is 0. The molecule has 29 heavy (non-hydrogen) atoms. The summed E-state index contributed by atoms with van der Waals surface area (Å²) in [6.07, 6.45) is 1.76. The van der Waals surface area contributed by atoms with Crippen LogP contribution in [-0.2, 0) is 4.79 Å². The normalized spacial score (nSPS) is 15.4. The van der Waals surface area contributed by atoms with Crippen LogP contribution < -0.4 is 4.90 Å². The number of aromatic nitrogens is 1.